The van der Waals surface area contributed by atoms with Gasteiger partial charge >= 0.3 is 5.97 Å². The van der Waals surface area contributed by atoms with Crippen LogP contribution in [0.5, 0.6) is 0 Å². The van der Waals surface area contributed by atoms with Crippen molar-refractivity contribution < 1.29 is 14.3 Å². The van der Waals surface area contributed by atoms with Crippen molar-refractivity contribution in [1.29, 1.82) is 0 Å². The van der Waals surface area contributed by atoms with Gasteiger partial charge in [-0.15, -0.1) is 0 Å². The number of carbonyl (C=O) groups excluding carboxylic acids is 2. The van der Waals surface area contributed by atoms with Crippen LogP contribution < -0.4 is 5.32 Å². The molecule has 1 N–H and O–H groups in total. The summed E-state index contributed by atoms with van der Waals surface area (Å²) in [5.74, 6) is -0.892. The Balaban J connectivity index is 2.03. The molecule has 0 aliphatic heterocycles. The Morgan fingerprint density at radius 1 is 1.25 bits per heavy atom. The molecule has 0 radical (unpaired) electrons. The van der Waals surface area contributed by atoms with Crippen molar-refractivity contribution in [3.05, 3.63) is 52.3 Å². The second-order valence-corrected chi connectivity index (χ2v) is 6.01. The van der Waals surface area contributed by atoms with Crippen LogP contribution in [0.3, 0.4) is 0 Å². The predicted molar refractivity (Wildman–Crippen MR) is 94.5 cm³/mol. The minimum absolute atomic E-state index is 0.394. The summed E-state index contributed by atoms with van der Waals surface area (Å²) in [6.45, 7) is 8.13. The van der Waals surface area contributed by atoms with Gasteiger partial charge in [0.15, 0.2) is 6.10 Å². The number of nitrogens with one attached hydrogen (secondary N) is 1. The van der Waals surface area contributed by atoms with Gasteiger partial charge in [-0.2, -0.15) is 0 Å². The van der Waals surface area contributed by atoms with E-state index in [1.54, 1.807) is 37.3 Å². The molecule has 1 atom stereocenters. The first-order chi connectivity index (χ1) is 11.3. The molecular formula is C18H21ClN2O3. The van der Waals surface area contributed by atoms with E-state index in [1.807, 2.05) is 25.3 Å². The number of hydrogen-bond acceptors (Lipinski definition) is 3. The molecule has 0 spiro atoms. The number of carbonyl (C=O) groups is 2. The molecule has 0 aliphatic rings. The number of anilines is 1. The number of amides is 1. The number of aromatic nitrogens is 1. The molecule has 1 aromatic carbocycles. The van der Waals surface area contributed by atoms with Gasteiger partial charge in [0.05, 0.1) is 5.56 Å². The van der Waals surface area contributed by atoms with Gasteiger partial charge in [0, 0.05) is 28.6 Å². The monoisotopic (exact) mass is 348 g/mol. The smallest absolute Gasteiger partial charge is 0.340 e. The zero-order valence-corrected chi connectivity index (χ0v) is 15.0. The van der Waals surface area contributed by atoms with Gasteiger partial charge < -0.3 is 14.6 Å². The van der Waals surface area contributed by atoms with Crippen LogP contribution in [-0.2, 0) is 16.1 Å². The van der Waals surface area contributed by atoms with Gasteiger partial charge in [-0.3, -0.25) is 4.79 Å². The first-order valence-electron chi connectivity index (χ1n) is 7.77. The van der Waals surface area contributed by atoms with Gasteiger partial charge in [-0.05, 0) is 58.0 Å². The molecule has 5 nitrogen and oxygen atoms in total. The minimum Gasteiger partial charge on any atom is -0.449 e. The van der Waals surface area contributed by atoms with Crippen LogP contribution in [0.15, 0.2) is 30.3 Å². The normalized spacial score (nSPS) is 11.9. The van der Waals surface area contributed by atoms with Crippen molar-refractivity contribution in [2.24, 2.45) is 0 Å². The molecule has 0 unspecified atom stereocenters. The summed E-state index contributed by atoms with van der Waals surface area (Å²) in [5, 5.41) is 3.27. The number of aryl methyl sites for hydroxylation is 1. The third-order valence-electron chi connectivity index (χ3n) is 3.87. The average Bonchev–Trinajstić information content (AvgIpc) is 2.83. The Kier molecular flexibility index (Phi) is 5.67. The van der Waals surface area contributed by atoms with Gasteiger partial charge in [-0.1, -0.05) is 11.6 Å². The van der Waals surface area contributed by atoms with E-state index in [4.69, 9.17) is 16.3 Å². The van der Waals surface area contributed by atoms with E-state index in [-0.39, 0.29) is 0 Å². The van der Waals surface area contributed by atoms with Crippen molar-refractivity contribution in [3.63, 3.8) is 0 Å². The summed E-state index contributed by atoms with van der Waals surface area (Å²) < 4.78 is 7.32. The lowest BCUT2D eigenvalue weighted by atomic mass is 10.2. The lowest BCUT2D eigenvalue weighted by Gasteiger charge is -2.14. The third kappa shape index (κ3) is 3.97. The quantitative estimate of drug-likeness (QED) is 0.832. The molecule has 24 heavy (non-hydrogen) atoms. The zero-order valence-electron chi connectivity index (χ0n) is 14.2. The van der Waals surface area contributed by atoms with E-state index in [2.05, 4.69) is 5.32 Å². The molecule has 2 aromatic rings. The number of halogens is 1. The third-order valence-corrected chi connectivity index (χ3v) is 4.13. The summed E-state index contributed by atoms with van der Waals surface area (Å²) >= 11 is 5.80. The molecule has 0 bridgehead atoms. The molecule has 0 saturated heterocycles. The van der Waals surface area contributed by atoms with E-state index in [1.165, 1.54) is 0 Å². The van der Waals surface area contributed by atoms with Crippen LogP contribution in [0.2, 0.25) is 5.02 Å². The van der Waals surface area contributed by atoms with Gasteiger partial charge in [0.1, 0.15) is 0 Å². The molecule has 0 saturated carbocycles. The molecular weight excluding hydrogens is 328 g/mol. The molecule has 0 aliphatic carbocycles. The maximum Gasteiger partial charge on any atom is 0.340 e. The molecule has 2 rings (SSSR count). The van der Waals surface area contributed by atoms with Crippen molar-refractivity contribution in [3.8, 4) is 0 Å². The van der Waals surface area contributed by atoms with Crippen molar-refractivity contribution in [1.82, 2.24) is 4.57 Å². The van der Waals surface area contributed by atoms with Gasteiger partial charge in [-0.25, -0.2) is 4.79 Å². The van der Waals surface area contributed by atoms with Crippen molar-refractivity contribution in [2.45, 2.75) is 40.3 Å². The highest BCUT2D eigenvalue weighted by atomic mass is 35.5. The number of hydrogen-bond donors (Lipinski definition) is 1. The second-order valence-electron chi connectivity index (χ2n) is 5.57. The van der Waals surface area contributed by atoms with E-state index in [0.717, 1.165) is 17.9 Å². The van der Waals surface area contributed by atoms with Crippen molar-refractivity contribution >= 4 is 29.2 Å². The van der Waals surface area contributed by atoms with E-state index >= 15 is 0 Å². The highest BCUT2D eigenvalue weighted by Crippen LogP contribution is 2.17. The molecule has 1 amide bonds. The Bertz CT molecular complexity index is 750. The van der Waals surface area contributed by atoms with Crippen LogP contribution in [0.1, 0.15) is 35.6 Å². The molecule has 1 heterocycles. The van der Waals surface area contributed by atoms with E-state index in [0.29, 0.717) is 16.3 Å². The number of benzene rings is 1. The molecule has 1 aromatic heterocycles. The topological polar surface area (TPSA) is 60.3 Å². The number of ether oxygens (including phenoxy) is 1. The maximum atomic E-state index is 12.3. The van der Waals surface area contributed by atoms with Crippen molar-refractivity contribution in [2.75, 3.05) is 5.32 Å². The van der Waals surface area contributed by atoms with Crippen LogP contribution >= 0.6 is 11.6 Å². The predicted octanol–water partition coefficient (Wildman–Crippen LogP) is 3.96. The fourth-order valence-corrected chi connectivity index (χ4v) is 2.68. The van der Waals surface area contributed by atoms with Crippen LogP contribution in [-0.4, -0.2) is 22.5 Å². The largest absolute Gasteiger partial charge is 0.449 e. The van der Waals surface area contributed by atoms with Crippen LogP contribution in [0, 0.1) is 13.8 Å². The maximum absolute atomic E-state index is 12.3. The highest BCUT2D eigenvalue weighted by Gasteiger charge is 2.22. The SMILES string of the molecule is CCn1c(C)cc(C(=O)O[C@@H](C)C(=O)Nc2ccc(Cl)cc2)c1C. The van der Waals surface area contributed by atoms with Gasteiger partial charge in [0.2, 0.25) is 0 Å². The minimum atomic E-state index is -0.905. The summed E-state index contributed by atoms with van der Waals surface area (Å²) in [6.07, 6.45) is -0.905. The fourth-order valence-electron chi connectivity index (χ4n) is 2.55. The summed E-state index contributed by atoms with van der Waals surface area (Å²) in [4.78, 5) is 24.5. The Hall–Kier alpha value is -2.27. The number of nitrogens with zero attached hydrogens (tertiary/aromatic N) is 1. The Morgan fingerprint density at radius 2 is 1.88 bits per heavy atom. The Morgan fingerprint density at radius 3 is 2.42 bits per heavy atom. The lowest BCUT2D eigenvalue weighted by molar-refractivity contribution is -0.123. The summed E-state index contributed by atoms with van der Waals surface area (Å²) in [5.41, 5.74) is 2.91. The lowest BCUT2D eigenvalue weighted by Crippen LogP contribution is -2.30. The zero-order chi connectivity index (χ0) is 17.9. The molecule has 6 heteroatoms. The van der Waals surface area contributed by atoms with Gasteiger partial charge in [0.25, 0.3) is 5.91 Å². The average molecular weight is 349 g/mol. The van der Waals surface area contributed by atoms with E-state index < -0.39 is 18.0 Å². The van der Waals surface area contributed by atoms with E-state index in [9.17, 15) is 9.59 Å². The second kappa shape index (κ2) is 7.53. The number of rotatable bonds is 5. The van der Waals surface area contributed by atoms with Crippen LogP contribution in [0.4, 0.5) is 5.69 Å². The van der Waals surface area contributed by atoms with Crippen LogP contribution in [0.25, 0.3) is 0 Å². The molecule has 0 fully saturated rings. The highest BCUT2D eigenvalue weighted by molar-refractivity contribution is 6.30. The Labute approximate surface area is 146 Å². The first-order valence-corrected chi connectivity index (χ1v) is 8.15. The summed E-state index contributed by atoms with van der Waals surface area (Å²) in [6, 6.07) is 8.50. The standard InChI is InChI=1S/C18H21ClN2O3/c1-5-21-11(2)10-16(12(21)3)18(23)24-13(4)17(22)20-15-8-6-14(19)7-9-15/h6-10,13H,5H2,1-4H3,(H,20,22)/t13-/m0/s1. The summed E-state index contributed by atoms with van der Waals surface area (Å²) in [7, 11) is 0. The molecule has 128 valence electrons. The first kappa shape index (κ1) is 18.1. The fraction of sp³-hybridized carbons (Fsp3) is 0.333. The number of esters is 1.